The minimum Gasteiger partial charge on any atom is -0.399 e. The van der Waals surface area contributed by atoms with E-state index >= 15 is 0 Å². The Morgan fingerprint density at radius 3 is 2.75 bits per heavy atom. The number of anilines is 1. The highest BCUT2D eigenvalue weighted by atomic mass is 16.1. The highest BCUT2D eigenvalue weighted by Crippen LogP contribution is 2.07. The summed E-state index contributed by atoms with van der Waals surface area (Å²) in [6.45, 7) is 0. The van der Waals surface area contributed by atoms with Crippen molar-refractivity contribution in [3.63, 3.8) is 0 Å². The monoisotopic (exact) mass is 162 g/mol. The second-order valence-corrected chi connectivity index (χ2v) is 2.41. The van der Waals surface area contributed by atoms with Gasteiger partial charge in [0.05, 0.1) is 0 Å². The Morgan fingerprint density at radius 2 is 2.17 bits per heavy atom. The van der Waals surface area contributed by atoms with Crippen molar-refractivity contribution in [3.8, 4) is 0 Å². The van der Waals surface area contributed by atoms with Crippen LogP contribution in [-0.2, 0) is 4.79 Å². The van der Waals surface area contributed by atoms with Gasteiger partial charge in [0.25, 0.3) is 0 Å². The van der Waals surface area contributed by atoms with Crippen LogP contribution >= 0.6 is 0 Å². The van der Waals surface area contributed by atoms with Gasteiger partial charge < -0.3 is 11.5 Å². The second kappa shape index (κ2) is 3.57. The fourth-order valence-electron chi connectivity index (χ4n) is 0.841. The van der Waals surface area contributed by atoms with Crippen molar-refractivity contribution < 1.29 is 4.79 Å². The lowest BCUT2D eigenvalue weighted by atomic mass is 10.2. The van der Waals surface area contributed by atoms with Gasteiger partial charge in [-0.3, -0.25) is 4.79 Å². The summed E-state index contributed by atoms with van der Waals surface area (Å²) >= 11 is 0. The Kier molecular flexibility index (Phi) is 2.48. The topological polar surface area (TPSA) is 69.1 Å². The smallest absolute Gasteiger partial charge is 0.241 e. The molecule has 1 rings (SSSR count). The zero-order valence-electron chi connectivity index (χ0n) is 6.53. The van der Waals surface area contributed by atoms with Crippen molar-refractivity contribution in [1.82, 2.24) is 0 Å². The Hall–Kier alpha value is -1.77. The van der Waals surface area contributed by atoms with Crippen molar-refractivity contribution in [1.29, 1.82) is 0 Å². The zero-order chi connectivity index (χ0) is 8.97. The first kappa shape index (κ1) is 8.33. The van der Waals surface area contributed by atoms with Crippen molar-refractivity contribution >= 4 is 17.7 Å². The molecule has 1 aromatic rings. The predicted octanol–water partition coefficient (Wildman–Crippen LogP) is 0.767. The summed E-state index contributed by atoms with van der Waals surface area (Å²) < 4.78 is 0. The number of nitrogens with two attached hydrogens (primary N) is 2. The van der Waals surface area contributed by atoms with Crippen LogP contribution in [0.4, 0.5) is 5.69 Å². The molecule has 0 unspecified atom stereocenters. The Morgan fingerprint density at radius 1 is 1.42 bits per heavy atom. The van der Waals surface area contributed by atoms with E-state index in [-0.39, 0.29) is 0 Å². The molecule has 0 radical (unpaired) electrons. The molecule has 0 fully saturated rings. The van der Waals surface area contributed by atoms with E-state index in [1.54, 1.807) is 18.2 Å². The van der Waals surface area contributed by atoms with Crippen LogP contribution in [0.25, 0.3) is 6.08 Å². The third-order valence-corrected chi connectivity index (χ3v) is 1.35. The molecule has 1 amide bonds. The molecule has 3 nitrogen and oxygen atoms in total. The Labute approximate surface area is 70.7 Å². The van der Waals surface area contributed by atoms with Crippen molar-refractivity contribution in [2.75, 3.05) is 5.73 Å². The van der Waals surface area contributed by atoms with Crippen LogP contribution < -0.4 is 11.5 Å². The minimum atomic E-state index is -0.461. The minimum absolute atomic E-state index is 0.461. The van der Waals surface area contributed by atoms with Crippen molar-refractivity contribution in [3.05, 3.63) is 35.9 Å². The second-order valence-electron chi connectivity index (χ2n) is 2.41. The number of amides is 1. The lowest BCUT2D eigenvalue weighted by molar-refractivity contribution is -0.113. The van der Waals surface area contributed by atoms with Gasteiger partial charge in [0.1, 0.15) is 0 Å². The average Bonchev–Trinajstić information content (AvgIpc) is 2.01. The number of benzene rings is 1. The maximum absolute atomic E-state index is 10.4. The van der Waals surface area contributed by atoms with E-state index < -0.39 is 5.91 Å². The molecule has 62 valence electrons. The first-order valence-electron chi connectivity index (χ1n) is 3.51. The summed E-state index contributed by atoms with van der Waals surface area (Å²) in [5.41, 5.74) is 12.0. The van der Waals surface area contributed by atoms with Crippen LogP contribution in [0, 0.1) is 0 Å². The summed E-state index contributed by atoms with van der Waals surface area (Å²) in [6.07, 6.45) is 2.92. The van der Waals surface area contributed by atoms with E-state index in [2.05, 4.69) is 0 Å². The quantitative estimate of drug-likeness (QED) is 0.498. The molecule has 0 aliphatic heterocycles. The van der Waals surface area contributed by atoms with Gasteiger partial charge in [-0.25, -0.2) is 0 Å². The number of carbonyl (C=O) groups is 1. The Balaban J connectivity index is 2.83. The van der Waals surface area contributed by atoms with Crippen LogP contribution in [-0.4, -0.2) is 5.91 Å². The van der Waals surface area contributed by atoms with Crippen molar-refractivity contribution in [2.45, 2.75) is 0 Å². The molecular formula is C9H10N2O. The highest BCUT2D eigenvalue weighted by molar-refractivity contribution is 5.90. The van der Waals surface area contributed by atoms with E-state index in [1.807, 2.05) is 12.1 Å². The molecule has 0 heterocycles. The molecular weight excluding hydrogens is 152 g/mol. The van der Waals surface area contributed by atoms with Gasteiger partial charge in [0.15, 0.2) is 0 Å². The van der Waals surface area contributed by atoms with Gasteiger partial charge in [-0.15, -0.1) is 0 Å². The molecule has 0 aliphatic carbocycles. The van der Waals surface area contributed by atoms with E-state index in [9.17, 15) is 4.79 Å². The van der Waals surface area contributed by atoms with Crippen LogP contribution in [0.2, 0.25) is 0 Å². The lowest BCUT2D eigenvalue weighted by Gasteiger charge is -1.93. The number of hydrogen-bond acceptors (Lipinski definition) is 2. The van der Waals surface area contributed by atoms with Crippen molar-refractivity contribution in [2.24, 2.45) is 5.73 Å². The summed E-state index contributed by atoms with van der Waals surface area (Å²) in [5.74, 6) is -0.461. The van der Waals surface area contributed by atoms with E-state index in [0.717, 1.165) is 5.56 Å². The summed E-state index contributed by atoms with van der Waals surface area (Å²) in [7, 11) is 0. The van der Waals surface area contributed by atoms with Crippen LogP contribution in [0.3, 0.4) is 0 Å². The average molecular weight is 162 g/mol. The van der Waals surface area contributed by atoms with Gasteiger partial charge in [-0.1, -0.05) is 12.1 Å². The predicted molar refractivity (Wildman–Crippen MR) is 49.1 cm³/mol. The summed E-state index contributed by atoms with van der Waals surface area (Å²) in [5, 5.41) is 0. The molecule has 0 atom stereocenters. The molecule has 0 saturated heterocycles. The third-order valence-electron chi connectivity index (χ3n) is 1.35. The maximum atomic E-state index is 10.4. The number of rotatable bonds is 2. The van der Waals surface area contributed by atoms with Crippen LogP contribution in [0.15, 0.2) is 30.3 Å². The summed E-state index contributed by atoms with van der Waals surface area (Å²) in [4.78, 5) is 10.4. The zero-order valence-corrected chi connectivity index (χ0v) is 6.53. The highest BCUT2D eigenvalue weighted by Gasteiger charge is 1.88. The van der Waals surface area contributed by atoms with Gasteiger partial charge >= 0.3 is 0 Å². The lowest BCUT2D eigenvalue weighted by Crippen LogP contribution is -2.05. The van der Waals surface area contributed by atoms with E-state index in [1.165, 1.54) is 6.08 Å². The van der Waals surface area contributed by atoms with Gasteiger partial charge in [0.2, 0.25) is 5.91 Å². The number of hydrogen-bond donors (Lipinski definition) is 2. The molecule has 0 aromatic heterocycles. The first-order chi connectivity index (χ1) is 5.68. The normalized spacial score (nSPS) is 10.3. The molecule has 4 N–H and O–H groups in total. The van der Waals surface area contributed by atoms with E-state index in [0.29, 0.717) is 5.69 Å². The number of primary amides is 1. The van der Waals surface area contributed by atoms with E-state index in [4.69, 9.17) is 11.5 Å². The molecule has 1 aromatic carbocycles. The molecule has 0 aliphatic rings. The first-order valence-corrected chi connectivity index (χ1v) is 3.51. The standard InChI is InChI=1S/C9H10N2O/c10-8-3-1-2-7(6-8)4-5-9(11)12/h1-6H,10H2,(H2,11,12). The fraction of sp³-hybridized carbons (Fsp3) is 0. The molecule has 0 bridgehead atoms. The van der Waals surface area contributed by atoms with Gasteiger partial charge in [-0.05, 0) is 23.8 Å². The molecule has 3 heteroatoms. The SMILES string of the molecule is NC(=O)C=Cc1cccc(N)c1. The fourth-order valence-corrected chi connectivity index (χ4v) is 0.841. The van der Waals surface area contributed by atoms with Crippen LogP contribution in [0.1, 0.15) is 5.56 Å². The van der Waals surface area contributed by atoms with Gasteiger partial charge in [0, 0.05) is 11.8 Å². The number of nitrogen functional groups attached to an aromatic ring is 1. The van der Waals surface area contributed by atoms with Crippen LogP contribution in [0.5, 0.6) is 0 Å². The maximum Gasteiger partial charge on any atom is 0.241 e. The Bertz CT molecular complexity index is 318. The molecule has 12 heavy (non-hydrogen) atoms. The molecule has 0 saturated carbocycles. The molecule has 0 spiro atoms. The summed E-state index contributed by atoms with van der Waals surface area (Å²) in [6, 6.07) is 7.20. The number of carbonyl (C=O) groups excluding carboxylic acids is 1. The van der Waals surface area contributed by atoms with Gasteiger partial charge in [-0.2, -0.15) is 0 Å². The third kappa shape index (κ3) is 2.46. The largest absolute Gasteiger partial charge is 0.399 e.